The van der Waals surface area contributed by atoms with Gasteiger partial charge in [0, 0.05) is 35.6 Å². The van der Waals surface area contributed by atoms with Gasteiger partial charge in [-0.3, -0.25) is 0 Å². The summed E-state index contributed by atoms with van der Waals surface area (Å²) in [6, 6.07) is 0. The molecule has 3 rings (SSSR count). The number of likely N-dealkylation sites (N-methyl/N-ethyl adjacent to an activating group) is 1. The molecular weight excluding hydrogens is 296 g/mol. The highest BCUT2D eigenvalue weighted by atomic mass is 32.1. The third-order valence-corrected chi connectivity index (χ3v) is 5.07. The van der Waals surface area contributed by atoms with Crippen molar-refractivity contribution in [1.82, 2.24) is 19.9 Å². The first-order valence-electron chi connectivity index (χ1n) is 7.61. The number of rotatable bonds is 5. The SMILES string of the molecule is Cc1nc(C)c2c(n1)OC(CN(C)CCc1scnc1C)C2. The van der Waals surface area contributed by atoms with Gasteiger partial charge in [-0.15, -0.1) is 11.3 Å². The zero-order valence-electron chi connectivity index (χ0n) is 13.6. The third kappa shape index (κ3) is 3.28. The van der Waals surface area contributed by atoms with Gasteiger partial charge in [0.15, 0.2) is 0 Å². The molecule has 22 heavy (non-hydrogen) atoms. The number of thiazole rings is 1. The molecule has 0 saturated heterocycles. The Hall–Kier alpha value is -1.53. The highest BCUT2D eigenvalue weighted by molar-refractivity contribution is 7.09. The first-order valence-corrected chi connectivity index (χ1v) is 8.49. The highest BCUT2D eigenvalue weighted by Gasteiger charge is 2.27. The van der Waals surface area contributed by atoms with Crippen LogP contribution in [-0.2, 0) is 12.8 Å². The zero-order chi connectivity index (χ0) is 15.7. The van der Waals surface area contributed by atoms with Crippen molar-refractivity contribution in [2.24, 2.45) is 0 Å². The molecule has 118 valence electrons. The maximum atomic E-state index is 6.00. The van der Waals surface area contributed by atoms with Crippen molar-refractivity contribution >= 4 is 11.3 Å². The van der Waals surface area contributed by atoms with E-state index in [1.165, 1.54) is 10.4 Å². The molecule has 0 bridgehead atoms. The Labute approximate surface area is 135 Å². The van der Waals surface area contributed by atoms with Crippen LogP contribution in [0.4, 0.5) is 0 Å². The minimum atomic E-state index is 0.178. The Bertz CT molecular complexity index is 670. The summed E-state index contributed by atoms with van der Waals surface area (Å²) in [6.45, 7) is 7.95. The second-order valence-corrected chi connectivity index (χ2v) is 6.90. The fourth-order valence-electron chi connectivity index (χ4n) is 2.86. The molecule has 0 saturated carbocycles. The maximum Gasteiger partial charge on any atom is 0.220 e. The quantitative estimate of drug-likeness (QED) is 0.847. The van der Waals surface area contributed by atoms with Crippen molar-refractivity contribution in [2.75, 3.05) is 20.1 Å². The van der Waals surface area contributed by atoms with Crippen molar-refractivity contribution in [3.05, 3.63) is 33.2 Å². The first-order chi connectivity index (χ1) is 10.5. The molecule has 0 amide bonds. The van der Waals surface area contributed by atoms with E-state index in [0.29, 0.717) is 0 Å². The van der Waals surface area contributed by atoms with Crippen molar-refractivity contribution < 1.29 is 4.74 Å². The molecule has 5 nitrogen and oxygen atoms in total. The first kappa shape index (κ1) is 15.4. The molecule has 1 aliphatic rings. The lowest BCUT2D eigenvalue weighted by atomic mass is 10.1. The van der Waals surface area contributed by atoms with Gasteiger partial charge in [0.05, 0.1) is 11.2 Å². The molecule has 0 fully saturated rings. The predicted octanol–water partition coefficient (Wildman–Crippen LogP) is 2.34. The topological polar surface area (TPSA) is 51.1 Å². The van der Waals surface area contributed by atoms with Crippen molar-refractivity contribution in [3.63, 3.8) is 0 Å². The summed E-state index contributed by atoms with van der Waals surface area (Å²) in [7, 11) is 2.15. The number of aryl methyl sites for hydroxylation is 3. The molecule has 0 spiro atoms. The minimum absolute atomic E-state index is 0.178. The van der Waals surface area contributed by atoms with E-state index in [2.05, 4.69) is 33.8 Å². The molecule has 0 aliphatic carbocycles. The van der Waals surface area contributed by atoms with Crippen LogP contribution >= 0.6 is 11.3 Å². The third-order valence-electron chi connectivity index (χ3n) is 4.08. The van der Waals surface area contributed by atoms with Crippen LogP contribution in [0, 0.1) is 20.8 Å². The molecule has 0 N–H and O–H groups in total. The van der Waals surface area contributed by atoms with Gasteiger partial charge in [0.1, 0.15) is 11.9 Å². The van der Waals surface area contributed by atoms with Gasteiger partial charge in [0.2, 0.25) is 5.88 Å². The van der Waals surface area contributed by atoms with E-state index >= 15 is 0 Å². The normalized spacial score (nSPS) is 16.9. The molecule has 0 radical (unpaired) electrons. The van der Waals surface area contributed by atoms with E-state index in [4.69, 9.17) is 4.74 Å². The van der Waals surface area contributed by atoms with Gasteiger partial charge in [0.25, 0.3) is 0 Å². The molecule has 2 aromatic rings. The smallest absolute Gasteiger partial charge is 0.220 e. The summed E-state index contributed by atoms with van der Waals surface area (Å²) in [4.78, 5) is 16.8. The van der Waals surface area contributed by atoms with E-state index in [0.717, 1.165) is 49.0 Å². The van der Waals surface area contributed by atoms with Gasteiger partial charge < -0.3 is 9.64 Å². The van der Waals surface area contributed by atoms with Crippen LogP contribution in [0.15, 0.2) is 5.51 Å². The van der Waals surface area contributed by atoms with Gasteiger partial charge in [-0.1, -0.05) is 0 Å². The second kappa shape index (κ2) is 6.30. The van der Waals surface area contributed by atoms with Crippen LogP contribution in [0.3, 0.4) is 0 Å². The van der Waals surface area contributed by atoms with Crippen LogP contribution in [0.5, 0.6) is 5.88 Å². The number of hydrogen-bond acceptors (Lipinski definition) is 6. The van der Waals surface area contributed by atoms with Crippen molar-refractivity contribution in [3.8, 4) is 5.88 Å². The zero-order valence-corrected chi connectivity index (χ0v) is 14.4. The summed E-state index contributed by atoms with van der Waals surface area (Å²) < 4.78 is 6.00. The molecule has 2 aromatic heterocycles. The monoisotopic (exact) mass is 318 g/mol. The maximum absolute atomic E-state index is 6.00. The lowest BCUT2D eigenvalue weighted by Crippen LogP contribution is -2.33. The number of fused-ring (bicyclic) bond motifs is 1. The van der Waals surface area contributed by atoms with Crippen LogP contribution in [-0.4, -0.2) is 46.1 Å². The standard InChI is InChI=1S/C16H22N4OS/c1-10-14-7-13(21-16(14)19-12(3)18-10)8-20(4)6-5-15-11(2)17-9-22-15/h9,13H,5-8H2,1-4H3. The number of ether oxygens (including phenoxy) is 1. The molecule has 1 aliphatic heterocycles. The average molecular weight is 318 g/mol. The lowest BCUT2D eigenvalue weighted by Gasteiger charge is -2.20. The predicted molar refractivity (Wildman–Crippen MR) is 87.7 cm³/mol. The largest absolute Gasteiger partial charge is 0.472 e. The van der Waals surface area contributed by atoms with E-state index in [9.17, 15) is 0 Å². The molecule has 1 atom stereocenters. The Kier molecular flexibility index (Phi) is 4.40. The van der Waals surface area contributed by atoms with Gasteiger partial charge >= 0.3 is 0 Å². The molecular formula is C16H22N4OS. The van der Waals surface area contributed by atoms with Crippen molar-refractivity contribution in [1.29, 1.82) is 0 Å². The fraction of sp³-hybridized carbons (Fsp3) is 0.562. The Balaban J connectivity index is 1.54. The molecule has 0 aromatic carbocycles. The van der Waals surface area contributed by atoms with Crippen LogP contribution < -0.4 is 4.74 Å². The molecule has 6 heteroatoms. The van der Waals surface area contributed by atoms with E-state index in [-0.39, 0.29) is 6.10 Å². The van der Waals surface area contributed by atoms with Gasteiger partial charge in [-0.05, 0) is 34.2 Å². The van der Waals surface area contributed by atoms with Crippen LogP contribution in [0.2, 0.25) is 0 Å². The fourth-order valence-corrected chi connectivity index (χ4v) is 3.63. The molecule has 1 unspecified atom stereocenters. The lowest BCUT2D eigenvalue weighted by molar-refractivity contribution is 0.165. The van der Waals surface area contributed by atoms with Crippen LogP contribution in [0.1, 0.15) is 27.7 Å². The Morgan fingerprint density at radius 1 is 1.27 bits per heavy atom. The van der Waals surface area contributed by atoms with Gasteiger partial charge in [-0.25, -0.2) is 9.97 Å². The number of hydrogen-bond donors (Lipinski definition) is 0. The van der Waals surface area contributed by atoms with E-state index in [1.54, 1.807) is 11.3 Å². The molecule has 3 heterocycles. The Morgan fingerprint density at radius 2 is 2.09 bits per heavy atom. The number of aromatic nitrogens is 3. The highest BCUT2D eigenvalue weighted by Crippen LogP contribution is 2.28. The summed E-state index contributed by atoms with van der Waals surface area (Å²) >= 11 is 1.74. The summed E-state index contributed by atoms with van der Waals surface area (Å²) in [5.74, 6) is 1.56. The summed E-state index contributed by atoms with van der Waals surface area (Å²) in [5.41, 5.74) is 5.30. The van der Waals surface area contributed by atoms with E-state index in [1.807, 2.05) is 19.4 Å². The second-order valence-electron chi connectivity index (χ2n) is 5.96. The van der Waals surface area contributed by atoms with E-state index < -0.39 is 0 Å². The number of nitrogens with zero attached hydrogens (tertiary/aromatic N) is 4. The van der Waals surface area contributed by atoms with Crippen molar-refractivity contribution in [2.45, 2.75) is 39.7 Å². The average Bonchev–Trinajstić information content (AvgIpc) is 3.02. The Morgan fingerprint density at radius 3 is 2.82 bits per heavy atom. The minimum Gasteiger partial charge on any atom is -0.472 e. The summed E-state index contributed by atoms with van der Waals surface area (Å²) in [6.07, 6.45) is 2.13. The van der Waals surface area contributed by atoms with Crippen LogP contribution in [0.25, 0.3) is 0 Å². The summed E-state index contributed by atoms with van der Waals surface area (Å²) in [5, 5.41) is 0. The van der Waals surface area contributed by atoms with Gasteiger partial charge in [-0.2, -0.15) is 4.98 Å².